The quantitative estimate of drug-likeness (QED) is 0.154. The second kappa shape index (κ2) is 16.7. The number of nitrogens with zero attached hydrogens (tertiary/aromatic N) is 3. The van der Waals surface area contributed by atoms with Crippen LogP contribution in [-0.2, 0) is 26.5 Å². The summed E-state index contributed by atoms with van der Waals surface area (Å²) in [7, 11) is 0. The van der Waals surface area contributed by atoms with Crippen LogP contribution in [0.1, 0.15) is 65.1 Å². The largest absolute Gasteiger partial charge is 0.507 e. The van der Waals surface area contributed by atoms with Crippen molar-refractivity contribution in [3.63, 3.8) is 0 Å². The van der Waals surface area contributed by atoms with E-state index in [9.17, 15) is 5.11 Å². The van der Waals surface area contributed by atoms with Crippen molar-refractivity contribution in [1.29, 1.82) is 0 Å². The topological polar surface area (TPSA) is 50.9 Å². The van der Waals surface area contributed by atoms with Gasteiger partial charge in [-0.05, 0) is 81.1 Å². The molecule has 0 aliphatic carbocycles. The number of aromatic nitrogens is 3. The standard InChI is InChI=1S/C55H46N3O.Pt/c1-36(2)37-23-25-39(26-24-37)41-29-30-56-49(34-41)44-32-42(38-15-8-6-9-16-38)31-43(33-44)46-20-14-21-51-53(46)57-54(47-19-12-13-22-52(47)59)58(51)50-28-27-45(55(3,4)5)35-48(50)40-17-10-7-11-18-40;/h6-32,34-36,59H,1-5H3;/q-1;/i3D3,4D3,5D3,36D;. The van der Waals surface area contributed by atoms with Crippen LogP contribution in [0.2, 0.25) is 0 Å². The molecule has 1 N–H and O–H groups in total. The Hall–Kier alpha value is -6.35. The molecule has 0 spiro atoms. The Morgan fingerprint density at radius 3 is 2.00 bits per heavy atom. The van der Waals surface area contributed by atoms with Crippen LogP contribution in [0.4, 0.5) is 0 Å². The molecule has 0 fully saturated rings. The van der Waals surface area contributed by atoms with Crippen LogP contribution in [-0.4, -0.2) is 19.6 Å². The fourth-order valence-corrected chi connectivity index (χ4v) is 7.62. The average molecular weight is 970 g/mol. The van der Waals surface area contributed by atoms with Gasteiger partial charge in [0, 0.05) is 52.2 Å². The molecule has 0 bridgehead atoms. The minimum atomic E-state index is -3.48. The molecular formula is C55H46N3OPt-. The molecule has 4 nitrogen and oxygen atoms in total. The maximum Gasteiger partial charge on any atom is 0.148 e. The number of benzene rings is 7. The van der Waals surface area contributed by atoms with E-state index in [1.807, 2.05) is 115 Å². The molecule has 7 aromatic carbocycles. The molecular weight excluding hydrogens is 914 g/mol. The van der Waals surface area contributed by atoms with Crippen LogP contribution in [0, 0.1) is 6.07 Å². The number of hydrogen-bond donors (Lipinski definition) is 1. The van der Waals surface area contributed by atoms with Gasteiger partial charge in [0.2, 0.25) is 0 Å². The fourth-order valence-electron chi connectivity index (χ4n) is 7.62. The number of phenolic OH excluding ortho intramolecular Hbond substituents is 1. The van der Waals surface area contributed by atoms with Crippen molar-refractivity contribution < 1.29 is 39.9 Å². The summed E-state index contributed by atoms with van der Waals surface area (Å²) in [4.78, 5) is 10.1. The summed E-state index contributed by atoms with van der Waals surface area (Å²) < 4.78 is 86.9. The minimum Gasteiger partial charge on any atom is -0.507 e. The van der Waals surface area contributed by atoms with Gasteiger partial charge in [0.15, 0.2) is 0 Å². The monoisotopic (exact) mass is 969 g/mol. The summed E-state index contributed by atoms with van der Waals surface area (Å²) in [5, 5.41) is 11.5. The fraction of sp³-hybridized carbons (Fsp3) is 0.127. The number of fused-ring (bicyclic) bond motifs is 1. The van der Waals surface area contributed by atoms with E-state index < -0.39 is 37.4 Å². The van der Waals surface area contributed by atoms with Crippen molar-refractivity contribution in [2.24, 2.45) is 0 Å². The first-order valence-electron chi connectivity index (χ1n) is 24.4. The Balaban J connectivity index is 0.00000659. The van der Waals surface area contributed by atoms with Crippen molar-refractivity contribution in [1.82, 2.24) is 14.5 Å². The molecule has 0 saturated carbocycles. The molecule has 0 amide bonds. The zero-order valence-electron chi connectivity index (χ0n) is 42.8. The molecule has 298 valence electrons. The zero-order valence-corrected chi connectivity index (χ0v) is 35.1. The Kier molecular flexibility index (Phi) is 8.30. The predicted octanol–water partition coefficient (Wildman–Crippen LogP) is 14.3. The summed E-state index contributed by atoms with van der Waals surface area (Å²) >= 11 is 0. The van der Waals surface area contributed by atoms with E-state index in [1.165, 1.54) is 18.2 Å². The number of rotatable bonds is 8. The number of aromatic hydroxyl groups is 1. The van der Waals surface area contributed by atoms with Gasteiger partial charge in [-0.15, -0.1) is 23.8 Å². The van der Waals surface area contributed by atoms with E-state index in [4.69, 9.17) is 23.7 Å². The van der Waals surface area contributed by atoms with Crippen LogP contribution in [0.25, 0.3) is 83.9 Å². The molecule has 0 radical (unpaired) electrons. The molecule has 9 aromatic rings. The molecule has 60 heavy (non-hydrogen) atoms. The molecule has 9 rings (SSSR count). The van der Waals surface area contributed by atoms with Crippen molar-refractivity contribution in [3.05, 3.63) is 193 Å². The van der Waals surface area contributed by atoms with Gasteiger partial charge in [-0.2, -0.15) is 0 Å². The minimum absolute atomic E-state index is 0. The molecule has 0 unspecified atom stereocenters. The van der Waals surface area contributed by atoms with Crippen molar-refractivity contribution in [2.45, 2.75) is 45.7 Å². The van der Waals surface area contributed by atoms with Gasteiger partial charge in [-0.25, -0.2) is 4.98 Å². The van der Waals surface area contributed by atoms with E-state index >= 15 is 0 Å². The maximum absolute atomic E-state index is 11.5. The molecule has 5 heteroatoms. The van der Waals surface area contributed by atoms with Gasteiger partial charge in [-0.3, -0.25) is 9.55 Å². The Morgan fingerprint density at radius 1 is 0.617 bits per heavy atom. The second-order valence-corrected chi connectivity index (χ2v) is 14.9. The van der Waals surface area contributed by atoms with Crippen molar-refractivity contribution >= 4 is 11.0 Å². The number of para-hydroxylation sites is 2. The van der Waals surface area contributed by atoms with Gasteiger partial charge in [-0.1, -0.05) is 172 Å². The van der Waals surface area contributed by atoms with E-state index in [1.54, 1.807) is 60.8 Å². The summed E-state index contributed by atoms with van der Waals surface area (Å²) in [5.74, 6) is -0.496. The van der Waals surface area contributed by atoms with Crippen LogP contribution in [0.3, 0.4) is 0 Å². The number of phenols is 1. The van der Waals surface area contributed by atoms with Gasteiger partial charge in [0.1, 0.15) is 11.6 Å². The summed E-state index contributed by atoms with van der Waals surface area (Å²) in [5.41, 5.74) is 6.57. The van der Waals surface area contributed by atoms with Crippen LogP contribution < -0.4 is 0 Å². The first-order chi connectivity index (χ1) is 32.7. The molecule has 2 heterocycles. The Bertz CT molecular complexity index is 3310. The second-order valence-electron chi connectivity index (χ2n) is 14.9. The number of pyridine rings is 1. The first kappa shape index (κ1) is 29.8. The first-order valence-corrected chi connectivity index (χ1v) is 19.4. The van der Waals surface area contributed by atoms with Crippen LogP contribution in [0.5, 0.6) is 5.75 Å². The van der Waals surface area contributed by atoms with Crippen LogP contribution in [0.15, 0.2) is 176 Å². The third-order valence-electron chi connectivity index (χ3n) is 10.7. The maximum atomic E-state index is 11.5. The predicted molar refractivity (Wildman–Crippen MR) is 245 cm³/mol. The molecule has 2 aromatic heterocycles. The number of imidazole rings is 1. The van der Waals surface area contributed by atoms with Gasteiger partial charge in [0.05, 0.1) is 22.3 Å². The normalized spacial score (nSPS) is 14.8. The van der Waals surface area contributed by atoms with Crippen molar-refractivity contribution in [2.75, 3.05) is 0 Å². The van der Waals surface area contributed by atoms with E-state index in [2.05, 4.69) is 6.07 Å². The summed E-state index contributed by atoms with van der Waals surface area (Å²) in [6.07, 6.45) is 1.77. The van der Waals surface area contributed by atoms with E-state index in [0.717, 1.165) is 33.4 Å². The SMILES string of the molecule is [2H]C(C)(C)c1ccc(-c2ccnc(-c3[c-]c(-c4cccc5c4nc(-c4ccccc4O)n5-c4ccc(C(C([2H])([2H])[2H])(C([2H])([2H])[2H])C([2H])([2H])[2H])cc4-c4ccccc4)cc(-c4ccccc4)c3)c2)cc1.[Pt]. The number of hydrogen-bond acceptors (Lipinski definition) is 3. The molecule has 0 aliphatic heterocycles. The molecule has 0 aliphatic rings. The third kappa shape index (κ3) is 7.88. The van der Waals surface area contributed by atoms with E-state index in [0.29, 0.717) is 56.1 Å². The zero-order chi connectivity index (χ0) is 49.1. The summed E-state index contributed by atoms with van der Waals surface area (Å²) in [6, 6.07) is 55.2. The van der Waals surface area contributed by atoms with E-state index in [-0.39, 0.29) is 26.8 Å². The smallest absolute Gasteiger partial charge is 0.148 e. The molecule has 0 saturated heterocycles. The van der Waals surface area contributed by atoms with Gasteiger partial charge >= 0.3 is 0 Å². The van der Waals surface area contributed by atoms with Gasteiger partial charge in [0.25, 0.3) is 0 Å². The average Bonchev–Trinajstić information content (AvgIpc) is 3.70. The van der Waals surface area contributed by atoms with Crippen LogP contribution >= 0.6 is 0 Å². The Morgan fingerprint density at radius 2 is 1.28 bits per heavy atom. The van der Waals surface area contributed by atoms with Crippen molar-refractivity contribution in [3.8, 4) is 78.6 Å². The molecule has 0 atom stereocenters. The van der Waals surface area contributed by atoms with Gasteiger partial charge < -0.3 is 5.11 Å². The third-order valence-corrected chi connectivity index (χ3v) is 10.7. The summed E-state index contributed by atoms with van der Waals surface area (Å²) in [6.45, 7) is -6.73. The Labute approximate surface area is 381 Å².